The van der Waals surface area contributed by atoms with E-state index in [1.54, 1.807) is 48.5 Å². The van der Waals surface area contributed by atoms with Crippen molar-refractivity contribution in [2.24, 2.45) is 23.7 Å². The molecule has 3 aliphatic rings. The number of carbonyl (C=O) groups is 3. The Balaban J connectivity index is 1.05. The van der Waals surface area contributed by atoms with Gasteiger partial charge in [0.2, 0.25) is 11.8 Å². The summed E-state index contributed by atoms with van der Waals surface area (Å²) in [4.78, 5) is 50.4. The van der Waals surface area contributed by atoms with Gasteiger partial charge in [-0.15, -0.1) is 0 Å². The van der Waals surface area contributed by atoms with E-state index in [-0.39, 0.29) is 58.6 Å². The van der Waals surface area contributed by atoms with Crippen LogP contribution < -0.4 is 9.64 Å². The van der Waals surface area contributed by atoms with Crippen molar-refractivity contribution in [1.82, 2.24) is 0 Å². The minimum absolute atomic E-state index is 0.0146. The largest absolute Gasteiger partial charge is 0.457 e. The van der Waals surface area contributed by atoms with E-state index in [1.165, 1.54) is 28.7 Å². The van der Waals surface area contributed by atoms with Crippen LogP contribution in [0, 0.1) is 33.8 Å². The van der Waals surface area contributed by atoms with Gasteiger partial charge in [0.25, 0.3) is 5.69 Å². The summed E-state index contributed by atoms with van der Waals surface area (Å²) in [6, 6.07) is 17.0. The fourth-order valence-electron chi connectivity index (χ4n) is 5.97. The van der Waals surface area contributed by atoms with Crippen molar-refractivity contribution in [3.05, 3.63) is 105 Å². The maximum absolute atomic E-state index is 13.1. The number of rotatable bonds is 7. The Morgan fingerprint density at radius 3 is 2.40 bits per heavy atom. The SMILES string of the molecule is CC1=C[C@H]2C[C@H]1[C@@H]1C(=O)N(c3ccc(C(=O)OCc4ccc(Oc5ccc([N+](=O)[O-])cc5Cl)cc4)cc3)C(=O)[C@H]12. The van der Waals surface area contributed by atoms with E-state index >= 15 is 0 Å². The Labute approximate surface area is 234 Å². The van der Waals surface area contributed by atoms with Crippen molar-refractivity contribution in [3.8, 4) is 11.5 Å². The second-order valence-corrected chi connectivity index (χ2v) is 10.6. The molecular formula is C30H23ClN2O7. The molecule has 0 N–H and O–H groups in total. The molecule has 0 radical (unpaired) electrons. The molecule has 4 atom stereocenters. The monoisotopic (exact) mass is 558 g/mol. The third-order valence-corrected chi connectivity index (χ3v) is 8.18. The number of anilines is 1. The number of non-ortho nitro benzene ring substituents is 1. The van der Waals surface area contributed by atoms with Gasteiger partial charge < -0.3 is 9.47 Å². The van der Waals surface area contributed by atoms with Crippen LogP contribution in [0.4, 0.5) is 11.4 Å². The Morgan fingerprint density at radius 1 is 1.02 bits per heavy atom. The van der Waals surface area contributed by atoms with Crippen LogP contribution in [0.15, 0.2) is 78.4 Å². The van der Waals surface area contributed by atoms with Gasteiger partial charge in [0.05, 0.1) is 33.0 Å². The highest BCUT2D eigenvalue weighted by atomic mass is 35.5. The van der Waals surface area contributed by atoms with Crippen molar-refractivity contribution in [2.75, 3.05) is 4.90 Å². The summed E-state index contributed by atoms with van der Waals surface area (Å²) >= 11 is 6.07. The Bertz CT molecular complexity index is 1580. The molecule has 2 bridgehead atoms. The smallest absolute Gasteiger partial charge is 0.338 e. The average Bonchev–Trinajstić information content (AvgIpc) is 3.59. The summed E-state index contributed by atoms with van der Waals surface area (Å²) in [7, 11) is 0. The summed E-state index contributed by atoms with van der Waals surface area (Å²) in [5.74, 6) is -0.427. The summed E-state index contributed by atoms with van der Waals surface area (Å²) in [5.41, 5.74) is 2.53. The summed E-state index contributed by atoms with van der Waals surface area (Å²) in [5, 5.41) is 11.0. The molecule has 0 spiro atoms. The fourth-order valence-corrected chi connectivity index (χ4v) is 6.19. The Morgan fingerprint density at radius 2 is 1.73 bits per heavy atom. The highest BCUT2D eigenvalue weighted by molar-refractivity contribution is 6.32. The van der Waals surface area contributed by atoms with Gasteiger partial charge in [-0.3, -0.25) is 24.6 Å². The van der Waals surface area contributed by atoms with Gasteiger partial charge in [-0.25, -0.2) is 4.79 Å². The molecule has 2 fully saturated rings. The topological polar surface area (TPSA) is 116 Å². The van der Waals surface area contributed by atoms with Crippen molar-refractivity contribution >= 4 is 40.8 Å². The predicted molar refractivity (Wildman–Crippen MR) is 145 cm³/mol. The van der Waals surface area contributed by atoms with Gasteiger partial charge >= 0.3 is 5.97 Å². The van der Waals surface area contributed by atoms with Crippen molar-refractivity contribution < 1.29 is 28.8 Å². The number of amides is 2. The zero-order valence-electron chi connectivity index (χ0n) is 21.3. The second-order valence-electron chi connectivity index (χ2n) is 10.2. The fraction of sp³-hybridized carbons (Fsp3) is 0.233. The van der Waals surface area contributed by atoms with E-state index in [2.05, 4.69) is 6.08 Å². The van der Waals surface area contributed by atoms with E-state index in [4.69, 9.17) is 21.1 Å². The lowest BCUT2D eigenvalue weighted by Gasteiger charge is -2.19. The molecule has 2 amide bonds. The van der Waals surface area contributed by atoms with E-state index < -0.39 is 10.9 Å². The Hall–Kier alpha value is -4.50. The number of fused-ring (bicyclic) bond motifs is 5. The minimum Gasteiger partial charge on any atom is -0.457 e. The lowest BCUT2D eigenvalue weighted by Crippen LogP contribution is -2.32. The maximum Gasteiger partial charge on any atom is 0.338 e. The number of hydrogen-bond acceptors (Lipinski definition) is 7. The summed E-state index contributed by atoms with van der Waals surface area (Å²) < 4.78 is 11.1. The quantitative estimate of drug-likeness (QED) is 0.113. The zero-order valence-corrected chi connectivity index (χ0v) is 22.0. The molecule has 1 aliphatic heterocycles. The first-order valence-corrected chi connectivity index (χ1v) is 13.1. The number of carbonyl (C=O) groups excluding carboxylic acids is 3. The van der Waals surface area contributed by atoms with Crippen molar-refractivity contribution in [1.29, 1.82) is 0 Å². The molecule has 0 aromatic heterocycles. The van der Waals surface area contributed by atoms with Crippen molar-refractivity contribution in [2.45, 2.75) is 20.0 Å². The molecule has 2 aliphatic carbocycles. The lowest BCUT2D eigenvalue weighted by atomic mass is 9.82. The second kappa shape index (κ2) is 9.91. The number of ether oxygens (including phenoxy) is 2. The van der Waals surface area contributed by atoms with Crippen LogP contribution >= 0.6 is 11.6 Å². The highest BCUT2D eigenvalue weighted by Gasteiger charge is 2.60. The first kappa shape index (κ1) is 25.8. The number of allylic oxidation sites excluding steroid dienone is 2. The number of imide groups is 1. The first-order chi connectivity index (χ1) is 19.2. The molecule has 10 heteroatoms. The number of esters is 1. The maximum atomic E-state index is 13.1. The van der Waals surface area contributed by atoms with E-state index in [0.29, 0.717) is 22.6 Å². The van der Waals surface area contributed by atoms with E-state index in [9.17, 15) is 24.5 Å². The third-order valence-electron chi connectivity index (χ3n) is 7.89. The van der Waals surface area contributed by atoms with Crippen LogP contribution in [0.1, 0.15) is 29.3 Å². The molecule has 1 saturated carbocycles. The van der Waals surface area contributed by atoms with Crippen LogP contribution in [-0.2, 0) is 20.9 Å². The van der Waals surface area contributed by atoms with Gasteiger partial charge in [-0.1, -0.05) is 35.4 Å². The first-order valence-electron chi connectivity index (χ1n) is 12.8. The molecule has 3 aromatic carbocycles. The molecule has 1 saturated heterocycles. The van der Waals surface area contributed by atoms with Crippen LogP contribution in [-0.4, -0.2) is 22.7 Å². The third kappa shape index (κ3) is 4.42. The number of halogens is 1. The number of hydrogen-bond donors (Lipinski definition) is 0. The lowest BCUT2D eigenvalue weighted by molar-refractivity contribution is -0.384. The van der Waals surface area contributed by atoms with Gasteiger partial charge in [0, 0.05) is 12.1 Å². The van der Waals surface area contributed by atoms with E-state index in [0.717, 1.165) is 6.42 Å². The number of nitro benzene ring substituents is 1. The molecular weight excluding hydrogens is 536 g/mol. The number of nitrogens with zero attached hydrogens (tertiary/aromatic N) is 2. The zero-order chi connectivity index (χ0) is 28.1. The molecule has 9 nitrogen and oxygen atoms in total. The average molecular weight is 559 g/mol. The van der Waals surface area contributed by atoms with Crippen LogP contribution in [0.25, 0.3) is 0 Å². The van der Waals surface area contributed by atoms with Gasteiger partial charge in [-0.2, -0.15) is 0 Å². The molecule has 0 unspecified atom stereocenters. The van der Waals surface area contributed by atoms with Gasteiger partial charge in [0.1, 0.15) is 18.1 Å². The molecule has 40 heavy (non-hydrogen) atoms. The van der Waals surface area contributed by atoms with Crippen LogP contribution in [0.3, 0.4) is 0 Å². The Kier molecular flexibility index (Phi) is 6.38. The predicted octanol–water partition coefficient (Wildman–Crippen LogP) is 6.10. The van der Waals surface area contributed by atoms with Crippen molar-refractivity contribution in [3.63, 3.8) is 0 Å². The van der Waals surface area contributed by atoms with E-state index in [1.807, 2.05) is 6.92 Å². The highest BCUT2D eigenvalue weighted by Crippen LogP contribution is 2.55. The van der Waals surface area contributed by atoms with Crippen LogP contribution in [0.5, 0.6) is 11.5 Å². The number of benzene rings is 3. The molecule has 3 aromatic rings. The summed E-state index contributed by atoms with van der Waals surface area (Å²) in [6.07, 6.45) is 3.01. The molecule has 1 heterocycles. The van der Waals surface area contributed by atoms with Gasteiger partial charge in [0.15, 0.2) is 0 Å². The normalized spacial score (nSPS) is 22.8. The van der Waals surface area contributed by atoms with Gasteiger partial charge in [-0.05, 0) is 73.2 Å². The minimum atomic E-state index is -0.543. The summed E-state index contributed by atoms with van der Waals surface area (Å²) in [6.45, 7) is 2.04. The molecule has 202 valence electrons. The number of nitro groups is 1. The standard InChI is InChI=1S/C30H23ClN2O7/c1-16-12-19-13-23(16)27-26(19)28(34)32(29(27)35)20-6-4-18(5-7-20)30(36)39-15-17-2-9-22(10-3-17)40-25-11-8-21(33(37)38)14-24(25)31/h2-12,14,19,23,26-27H,13,15H2,1H3/t19-,23+,26-,27-/m0/s1. The molecule has 6 rings (SSSR count). The van der Waals surface area contributed by atoms with Crippen LogP contribution in [0.2, 0.25) is 5.02 Å².